The maximum absolute atomic E-state index is 4.98. The van der Waals surface area contributed by atoms with Crippen molar-refractivity contribution >= 4 is 38.5 Å². The highest BCUT2D eigenvalue weighted by atomic mass is 15.1. The Balaban J connectivity index is 1.38. The lowest BCUT2D eigenvalue weighted by molar-refractivity contribution is 1.24. The number of aromatic nitrogens is 4. The van der Waals surface area contributed by atoms with Crippen molar-refractivity contribution < 1.29 is 0 Å². The van der Waals surface area contributed by atoms with Gasteiger partial charge in [0.05, 0.1) is 11.0 Å². The summed E-state index contributed by atoms with van der Waals surface area (Å²) >= 11 is 0. The van der Waals surface area contributed by atoms with Crippen LogP contribution < -0.4 is 0 Å². The minimum absolute atomic E-state index is 0.775. The molecule has 0 fully saturated rings. The van der Waals surface area contributed by atoms with Gasteiger partial charge in [-0.25, -0.2) is 9.97 Å². The van der Waals surface area contributed by atoms with E-state index in [0.29, 0.717) is 0 Å². The summed E-state index contributed by atoms with van der Waals surface area (Å²) in [4.78, 5) is 14.1. The first-order valence-corrected chi connectivity index (χ1v) is 12.0. The Kier molecular flexibility index (Phi) is 3.11. The molecule has 0 bridgehead atoms. The topological polar surface area (TPSA) is 43.1 Å². The third-order valence-electron chi connectivity index (χ3n) is 7.97. The van der Waals surface area contributed by atoms with Crippen molar-refractivity contribution in [3.8, 4) is 22.3 Å². The molecule has 35 heavy (non-hydrogen) atoms. The average molecular weight is 447 g/mol. The first-order chi connectivity index (χ1) is 17.3. The van der Waals surface area contributed by atoms with Gasteiger partial charge in [-0.3, -0.25) is 9.38 Å². The Hall–Kier alpha value is -4.57. The van der Waals surface area contributed by atoms with Gasteiger partial charge in [0.15, 0.2) is 5.65 Å². The third-order valence-corrected chi connectivity index (χ3v) is 7.97. The standard InChI is InChI=1S/C31H18N4/c1-2-5-20-17(4-1)12-18-13-24-19(14-23(18)20)15-25-21(24)7-8-22-29(25)26-16-32-11-9-27(26)35-28-6-3-10-33-30(28)34-31(22)35/h1-11,13-14,16H,12,15H2. The smallest absolute Gasteiger partial charge is 0.178 e. The highest BCUT2D eigenvalue weighted by Crippen LogP contribution is 2.47. The number of pyridine rings is 3. The second-order valence-corrected chi connectivity index (χ2v) is 9.70. The van der Waals surface area contributed by atoms with Crippen LogP contribution in [0.4, 0.5) is 0 Å². The summed E-state index contributed by atoms with van der Waals surface area (Å²) in [7, 11) is 0. The van der Waals surface area contributed by atoms with Crippen molar-refractivity contribution in [1.29, 1.82) is 0 Å². The van der Waals surface area contributed by atoms with E-state index < -0.39 is 0 Å². The van der Waals surface area contributed by atoms with Gasteiger partial charge in [0.2, 0.25) is 0 Å². The van der Waals surface area contributed by atoms with E-state index in [-0.39, 0.29) is 0 Å². The molecule has 4 heteroatoms. The molecule has 0 spiro atoms. The molecule has 3 aromatic carbocycles. The van der Waals surface area contributed by atoms with Crippen LogP contribution in [0.3, 0.4) is 0 Å². The molecule has 0 saturated heterocycles. The SMILES string of the molecule is c1ccc2c(c1)Cc1cc3c(cc1-2)Cc1c-3ccc2c1c1cnccc1n1c3cccnc3nc21. The van der Waals surface area contributed by atoms with Crippen LogP contribution in [0.25, 0.3) is 60.7 Å². The lowest BCUT2D eigenvalue weighted by atomic mass is 9.96. The van der Waals surface area contributed by atoms with E-state index in [0.717, 1.165) is 40.6 Å². The van der Waals surface area contributed by atoms with Gasteiger partial charge in [-0.1, -0.05) is 30.3 Å². The van der Waals surface area contributed by atoms with Crippen LogP contribution in [-0.2, 0) is 12.8 Å². The fourth-order valence-corrected chi connectivity index (χ4v) is 6.51. The molecule has 7 aromatic rings. The highest BCUT2D eigenvalue weighted by molar-refractivity contribution is 6.17. The first kappa shape index (κ1) is 17.8. The zero-order valence-electron chi connectivity index (χ0n) is 18.8. The van der Waals surface area contributed by atoms with Gasteiger partial charge in [-0.2, -0.15) is 0 Å². The Morgan fingerprint density at radius 2 is 1.54 bits per heavy atom. The summed E-state index contributed by atoms with van der Waals surface area (Å²) in [5.74, 6) is 0. The molecule has 0 unspecified atom stereocenters. The highest BCUT2D eigenvalue weighted by Gasteiger charge is 2.27. The predicted molar refractivity (Wildman–Crippen MR) is 140 cm³/mol. The second-order valence-electron chi connectivity index (χ2n) is 9.70. The number of hydrogen-bond donors (Lipinski definition) is 0. The van der Waals surface area contributed by atoms with Crippen LogP contribution in [-0.4, -0.2) is 19.4 Å². The molecular weight excluding hydrogens is 428 g/mol. The Labute approximate surface area is 200 Å². The van der Waals surface area contributed by atoms with E-state index in [4.69, 9.17) is 4.98 Å². The van der Waals surface area contributed by atoms with Gasteiger partial charge in [0.1, 0.15) is 5.65 Å². The van der Waals surface area contributed by atoms with Crippen LogP contribution in [0.15, 0.2) is 85.3 Å². The van der Waals surface area contributed by atoms with Gasteiger partial charge in [0, 0.05) is 34.7 Å². The Morgan fingerprint density at radius 3 is 2.51 bits per heavy atom. The number of nitrogens with zero attached hydrogens (tertiary/aromatic N) is 4. The largest absolute Gasteiger partial charge is 0.290 e. The Morgan fingerprint density at radius 1 is 0.657 bits per heavy atom. The number of hydrogen-bond acceptors (Lipinski definition) is 3. The van der Waals surface area contributed by atoms with Crippen LogP contribution in [0.5, 0.6) is 0 Å². The van der Waals surface area contributed by atoms with Gasteiger partial charge >= 0.3 is 0 Å². The van der Waals surface area contributed by atoms with Gasteiger partial charge < -0.3 is 0 Å². The second kappa shape index (κ2) is 6.10. The molecule has 4 heterocycles. The van der Waals surface area contributed by atoms with Crippen LogP contribution in [0.1, 0.15) is 22.3 Å². The summed E-state index contributed by atoms with van der Waals surface area (Å²) in [6, 6.07) is 24.4. The summed E-state index contributed by atoms with van der Waals surface area (Å²) in [6.45, 7) is 0. The minimum Gasteiger partial charge on any atom is -0.290 e. The molecule has 2 aliphatic carbocycles. The molecule has 9 rings (SSSR count). The molecule has 0 amide bonds. The van der Waals surface area contributed by atoms with Gasteiger partial charge in [-0.15, -0.1) is 0 Å². The fourth-order valence-electron chi connectivity index (χ4n) is 6.51. The summed E-state index contributed by atoms with van der Waals surface area (Å²) in [6.07, 6.45) is 7.64. The van der Waals surface area contributed by atoms with E-state index in [1.54, 1.807) is 0 Å². The summed E-state index contributed by atoms with van der Waals surface area (Å²) < 4.78 is 2.24. The van der Waals surface area contributed by atoms with Crippen LogP contribution in [0.2, 0.25) is 0 Å². The van der Waals surface area contributed by atoms with Crippen LogP contribution in [0, 0.1) is 0 Å². The monoisotopic (exact) mass is 446 g/mol. The quantitative estimate of drug-likeness (QED) is 0.243. The predicted octanol–water partition coefficient (Wildman–Crippen LogP) is 6.73. The molecule has 162 valence electrons. The first-order valence-electron chi connectivity index (χ1n) is 12.0. The lowest BCUT2D eigenvalue weighted by Crippen LogP contribution is -1.95. The third kappa shape index (κ3) is 2.15. The summed E-state index contributed by atoms with van der Waals surface area (Å²) in [5, 5.41) is 3.60. The fraction of sp³-hybridized carbons (Fsp3) is 0.0645. The van der Waals surface area contributed by atoms with E-state index in [1.807, 2.05) is 24.7 Å². The lowest BCUT2D eigenvalue weighted by Gasteiger charge is -2.12. The number of fused-ring (bicyclic) bond motifs is 15. The van der Waals surface area contributed by atoms with E-state index in [2.05, 4.69) is 75.0 Å². The number of benzene rings is 3. The molecule has 4 aromatic heterocycles. The average Bonchev–Trinajstić information content (AvgIpc) is 3.58. The van der Waals surface area contributed by atoms with E-state index in [1.165, 1.54) is 55.3 Å². The number of rotatable bonds is 0. The minimum atomic E-state index is 0.775. The molecule has 4 nitrogen and oxygen atoms in total. The maximum Gasteiger partial charge on any atom is 0.178 e. The molecule has 0 N–H and O–H groups in total. The maximum atomic E-state index is 4.98. The van der Waals surface area contributed by atoms with Crippen molar-refractivity contribution in [3.63, 3.8) is 0 Å². The summed E-state index contributed by atoms with van der Waals surface area (Å²) in [5.41, 5.74) is 15.1. The van der Waals surface area contributed by atoms with Crippen molar-refractivity contribution in [3.05, 3.63) is 108 Å². The molecular formula is C31H18N4. The van der Waals surface area contributed by atoms with Crippen molar-refractivity contribution in [1.82, 2.24) is 19.4 Å². The zero-order valence-corrected chi connectivity index (χ0v) is 18.8. The molecule has 0 aliphatic heterocycles. The van der Waals surface area contributed by atoms with Gasteiger partial charge in [-0.05, 0) is 93.7 Å². The molecule has 0 saturated carbocycles. The van der Waals surface area contributed by atoms with Crippen LogP contribution >= 0.6 is 0 Å². The van der Waals surface area contributed by atoms with E-state index >= 15 is 0 Å². The van der Waals surface area contributed by atoms with Crippen molar-refractivity contribution in [2.45, 2.75) is 12.8 Å². The normalized spacial score (nSPS) is 13.5. The Bertz CT molecular complexity index is 2070. The van der Waals surface area contributed by atoms with Gasteiger partial charge in [0.25, 0.3) is 0 Å². The zero-order chi connectivity index (χ0) is 22.7. The molecule has 0 atom stereocenters. The van der Waals surface area contributed by atoms with Crippen molar-refractivity contribution in [2.75, 3.05) is 0 Å². The number of imidazole rings is 1. The molecule has 0 radical (unpaired) electrons. The van der Waals surface area contributed by atoms with Crippen molar-refractivity contribution in [2.24, 2.45) is 0 Å². The molecule has 2 aliphatic rings. The van der Waals surface area contributed by atoms with E-state index in [9.17, 15) is 0 Å².